The van der Waals surface area contributed by atoms with Crippen molar-refractivity contribution in [3.63, 3.8) is 0 Å². The fraction of sp³-hybridized carbons (Fsp3) is 0.583. The minimum Gasteiger partial charge on any atom is -0.462 e. The van der Waals surface area contributed by atoms with Gasteiger partial charge in [0, 0.05) is 6.20 Å². The summed E-state index contributed by atoms with van der Waals surface area (Å²) in [5, 5.41) is 0. The van der Waals surface area contributed by atoms with E-state index in [4.69, 9.17) is 20.9 Å². The van der Waals surface area contributed by atoms with E-state index in [1.807, 2.05) is 6.92 Å². The standard InChI is InChI=1S/C12H18N4O4/c1-12(7-19-10(17)6-13)4-2-9(20-12)16-5-3-8(14)15-11(16)18/h3,5,9H,2,4,6-7,13H2,1H3,(H2,14,15,18)/t9-,12?/m1/s1. The van der Waals surface area contributed by atoms with Gasteiger partial charge in [-0.1, -0.05) is 0 Å². The highest BCUT2D eigenvalue weighted by Gasteiger charge is 2.38. The van der Waals surface area contributed by atoms with Crippen LogP contribution in [0, 0.1) is 0 Å². The highest BCUT2D eigenvalue weighted by Crippen LogP contribution is 2.35. The largest absolute Gasteiger partial charge is 0.462 e. The summed E-state index contributed by atoms with van der Waals surface area (Å²) in [5.74, 6) is -0.312. The first-order valence-electron chi connectivity index (χ1n) is 6.32. The number of anilines is 1. The lowest BCUT2D eigenvalue weighted by atomic mass is 10.0. The Morgan fingerprint density at radius 3 is 3.10 bits per heavy atom. The maximum Gasteiger partial charge on any atom is 0.351 e. The summed E-state index contributed by atoms with van der Waals surface area (Å²) in [5.41, 5.74) is 9.52. The molecule has 8 heteroatoms. The average Bonchev–Trinajstić information content (AvgIpc) is 2.79. The molecule has 1 fully saturated rings. The number of hydrogen-bond acceptors (Lipinski definition) is 7. The van der Waals surface area contributed by atoms with Gasteiger partial charge in [-0.25, -0.2) is 4.79 Å². The molecule has 2 rings (SSSR count). The Kier molecular flexibility index (Phi) is 4.05. The van der Waals surface area contributed by atoms with Crippen LogP contribution in [0.3, 0.4) is 0 Å². The minimum atomic E-state index is -0.629. The molecule has 1 aromatic rings. The number of hydrogen-bond donors (Lipinski definition) is 2. The van der Waals surface area contributed by atoms with Crippen molar-refractivity contribution >= 4 is 11.8 Å². The zero-order valence-electron chi connectivity index (χ0n) is 11.2. The summed E-state index contributed by atoms with van der Waals surface area (Å²) in [7, 11) is 0. The molecular formula is C12H18N4O4. The maximum absolute atomic E-state index is 11.7. The Morgan fingerprint density at radius 1 is 1.70 bits per heavy atom. The molecule has 1 saturated heterocycles. The minimum absolute atomic E-state index is 0.108. The third-order valence-electron chi connectivity index (χ3n) is 3.21. The Hall–Kier alpha value is -1.93. The van der Waals surface area contributed by atoms with E-state index in [0.717, 1.165) is 0 Å². The molecule has 0 aliphatic carbocycles. The van der Waals surface area contributed by atoms with Gasteiger partial charge in [0.1, 0.15) is 24.3 Å². The number of ether oxygens (including phenoxy) is 2. The highest BCUT2D eigenvalue weighted by atomic mass is 16.6. The van der Waals surface area contributed by atoms with E-state index < -0.39 is 23.5 Å². The normalized spacial score (nSPS) is 25.6. The molecule has 20 heavy (non-hydrogen) atoms. The second-order valence-corrected chi connectivity index (χ2v) is 4.97. The van der Waals surface area contributed by atoms with Crippen LogP contribution in [0.2, 0.25) is 0 Å². The molecule has 1 aliphatic heterocycles. The van der Waals surface area contributed by atoms with Crippen molar-refractivity contribution in [2.45, 2.75) is 31.6 Å². The van der Waals surface area contributed by atoms with E-state index >= 15 is 0 Å². The van der Waals surface area contributed by atoms with E-state index in [0.29, 0.717) is 12.8 Å². The van der Waals surface area contributed by atoms with Crippen molar-refractivity contribution in [1.82, 2.24) is 9.55 Å². The number of aromatic nitrogens is 2. The Balaban J connectivity index is 2.04. The summed E-state index contributed by atoms with van der Waals surface area (Å²) in [4.78, 5) is 26.5. The van der Waals surface area contributed by atoms with Crippen molar-refractivity contribution in [2.24, 2.45) is 5.73 Å². The lowest BCUT2D eigenvalue weighted by Gasteiger charge is -2.24. The molecule has 1 unspecified atom stereocenters. The topological polar surface area (TPSA) is 122 Å². The van der Waals surface area contributed by atoms with Gasteiger partial charge < -0.3 is 20.9 Å². The number of rotatable bonds is 4. The van der Waals surface area contributed by atoms with Crippen molar-refractivity contribution in [3.05, 3.63) is 22.7 Å². The number of carbonyl (C=O) groups is 1. The van der Waals surface area contributed by atoms with Crippen LogP contribution in [0.15, 0.2) is 17.1 Å². The molecule has 0 amide bonds. The first-order chi connectivity index (χ1) is 9.43. The molecule has 110 valence electrons. The predicted molar refractivity (Wildman–Crippen MR) is 70.7 cm³/mol. The lowest BCUT2D eigenvalue weighted by Crippen LogP contribution is -2.35. The average molecular weight is 282 g/mol. The molecule has 0 radical (unpaired) electrons. The Bertz CT molecular complexity index is 559. The van der Waals surface area contributed by atoms with Gasteiger partial charge in [-0.2, -0.15) is 4.98 Å². The Morgan fingerprint density at radius 2 is 2.45 bits per heavy atom. The number of nitrogen functional groups attached to an aromatic ring is 1. The van der Waals surface area contributed by atoms with E-state index in [1.165, 1.54) is 10.6 Å². The zero-order chi connectivity index (χ0) is 14.8. The van der Waals surface area contributed by atoms with Crippen LogP contribution in [0.1, 0.15) is 26.0 Å². The van der Waals surface area contributed by atoms with Gasteiger partial charge in [0.15, 0.2) is 0 Å². The summed E-state index contributed by atoms with van der Waals surface area (Å²) in [6.45, 7) is 1.77. The molecule has 0 saturated carbocycles. The monoisotopic (exact) mass is 282 g/mol. The third-order valence-corrected chi connectivity index (χ3v) is 3.21. The quantitative estimate of drug-likeness (QED) is 0.706. The van der Waals surface area contributed by atoms with Gasteiger partial charge in [0.25, 0.3) is 0 Å². The van der Waals surface area contributed by atoms with Crippen LogP contribution in [0.5, 0.6) is 0 Å². The van der Waals surface area contributed by atoms with E-state index in [9.17, 15) is 9.59 Å². The maximum atomic E-state index is 11.7. The number of esters is 1. The van der Waals surface area contributed by atoms with Gasteiger partial charge >= 0.3 is 11.7 Å². The molecule has 4 N–H and O–H groups in total. The molecule has 0 aromatic carbocycles. The molecule has 2 heterocycles. The second-order valence-electron chi connectivity index (χ2n) is 4.97. The lowest BCUT2D eigenvalue weighted by molar-refractivity contribution is -0.154. The second kappa shape index (κ2) is 5.59. The highest BCUT2D eigenvalue weighted by molar-refractivity contribution is 5.71. The number of nitrogens with two attached hydrogens (primary N) is 2. The molecule has 2 atom stereocenters. The van der Waals surface area contributed by atoms with Crippen LogP contribution in [-0.4, -0.2) is 34.3 Å². The molecule has 0 spiro atoms. The zero-order valence-corrected chi connectivity index (χ0v) is 11.2. The van der Waals surface area contributed by atoms with Gasteiger partial charge in [0.05, 0.1) is 6.54 Å². The van der Waals surface area contributed by atoms with Crippen LogP contribution >= 0.6 is 0 Å². The smallest absolute Gasteiger partial charge is 0.351 e. The first-order valence-corrected chi connectivity index (χ1v) is 6.32. The third kappa shape index (κ3) is 3.14. The van der Waals surface area contributed by atoms with E-state index in [-0.39, 0.29) is 19.0 Å². The first kappa shape index (κ1) is 14.5. The van der Waals surface area contributed by atoms with Gasteiger partial charge in [-0.05, 0) is 25.8 Å². The molecule has 0 bridgehead atoms. The number of carbonyl (C=O) groups excluding carboxylic acids is 1. The van der Waals surface area contributed by atoms with Gasteiger partial charge in [-0.3, -0.25) is 9.36 Å². The van der Waals surface area contributed by atoms with Crippen molar-refractivity contribution < 1.29 is 14.3 Å². The predicted octanol–water partition coefficient (Wildman–Crippen LogP) is -0.605. The van der Waals surface area contributed by atoms with Gasteiger partial charge in [0.2, 0.25) is 0 Å². The van der Waals surface area contributed by atoms with Crippen LogP contribution in [0.25, 0.3) is 0 Å². The molecule has 8 nitrogen and oxygen atoms in total. The molecule has 1 aromatic heterocycles. The summed E-state index contributed by atoms with van der Waals surface area (Å²) >= 11 is 0. The molecular weight excluding hydrogens is 264 g/mol. The van der Waals surface area contributed by atoms with Crippen molar-refractivity contribution in [3.8, 4) is 0 Å². The van der Waals surface area contributed by atoms with E-state index in [1.54, 1.807) is 6.20 Å². The van der Waals surface area contributed by atoms with Crippen LogP contribution in [-0.2, 0) is 14.3 Å². The summed E-state index contributed by atoms with van der Waals surface area (Å²) in [6.07, 6.45) is 2.40. The van der Waals surface area contributed by atoms with Crippen molar-refractivity contribution in [2.75, 3.05) is 18.9 Å². The number of nitrogens with zero attached hydrogens (tertiary/aromatic N) is 2. The summed E-state index contributed by atoms with van der Waals surface area (Å²) < 4.78 is 12.2. The molecule has 1 aliphatic rings. The fourth-order valence-electron chi connectivity index (χ4n) is 2.11. The van der Waals surface area contributed by atoms with Crippen molar-refractivity contribution in [1.29, 1.82) is 0 Å². The SMILES string of the molecule is CC1(COC(=O)CN)CC[C@H](n2ccc(N)nc2=O)O1. The fourth-order valence-corrected chi connectivity index (χ4v) is 2.11. The Labute approximate surface area is 115 Å². The van der Waals surface area contributed by atoms with Crippen LogP contribution < -0.4 is 17.2 Å². The van der Waals surface area contributed by atoms with Gasteiger partial charge in [-0.15, -0.1) is 0 Å². The van der Waals surface area contributed by atoms with Crippen LogP contribution in [0.4, 0.5) is 5.82 Å². The van der Waals surface area contributed by atoms with E-state index in [2.05, 4.69) is 4.98 Å². The summed E-state index contributed by atoms with van der Waals surface area (Å²) in [6, 6.07) is 1.54.